The summed E-state index contributed by atoms with van der Waals surface area (Å²) in [5.41, 5.74) is -3.58. The van der Waals surface area contributed by atoms with Crippen LogP contribution in [0.1, 0.15) is 107 Å². The lowest BCUT2D eigenvalue weighted by molar-refractivity contribution is -0.315. The summed E-state index contributed by atoms with van der Waals surface area (Å²) in [5, 5.41) is 34.4. The number of rotatable bonds is 23. The van der Waals surface area contributed by atoms with Crippen LogP contribution in [0.15, 0.2) is 30.3 Å². The van der Waals surface area contributed by atoms with Crippen LogP contribution in [-0.2, 0) is 54.0 Å². The first-order chi connectivity index (χ1) is 29.8. The Morgan fingerprint density at radius 3 is 2.19 bits per heavy atom. The molecule has 0 bridgehead atoms. The molecular weight excluding hydrogens is 829 g/mol. The number of carbonyl (C=O) groups excluding carboxylic acids is 2. The van der Waals surface area contributed by atoms with Crippen LogP contribution >= 0.6 is 0 Å². The molecule has 3 N–H and O–H groups in total. The summed E-state index contributed by atoms with van der Waals surface area (Å²) in [6.45, 7) is 21.1. The average molecular weight is 911 g/mol. The molecule has 0 amide bonds. The van der Waals surface area contributed by atoms with Crippen molar-refractivity contribution in [3.63, 3.8) is 0 Å². The van der Waals surface area contributed by atoms with E-state index in [1.807, 2.05) is 110 Å². The normalized spacial score (nSPS) is 31.6. The lowest BCUT2D eigenvalue weighted by atomic mass is 9.77. The largest absolute Gasteiger partial charge is 0.509 e. The molecule has 1 spiro atoms. The number of hydrogen-bond donors (Lipinski definition) is 3. The SMILES string of the molecule is CCCOC(=O)C(C)C(OC1CC(C)(OC)C2(CO2)C(C)O1)C(C)C(OC1OC(C)CC(N(C)C)[C@H]1OC(=O)OCc1ccccc1)C(C)(O)CC(C)CN(C)C(C)C(O)C(C)(C)O. The Morgan fingerprint density at radius 2 is 1.62 bits per heavy atom. The number of aliphatic hydroxyl groups is 3. The molecule has 1 aromatic carbocycles. The molecule has 3 aliphatic heterocycles. The monoisotopic (exact) mass is 911 g/mol. The third kappa shape index (κ3) is 13.4. The summed E-state index contributed by atoms with van der Waals surface area (Å²) < 4.78 is 56.4. The van der Waals surface area contributed by atoms with Gasteiger partial charge in [-0.1, -0.05) is 51.1 Å². The van der Waals surface area contributed by atoms with Crippen LogP contribution < -0.4 is 0 Å². The van der Waals surface area contributed by atoms with Gasteiger partial charge in [0.25, 0.3) is 0 Å². The molecule has 3 heterocycles. The van der Waals surface area contributed by atoms with E-state index in [4.69, 9.17) is 42.6 Å². The minimum Gasteiger partial charge on any atom is -0.465 e. The molecule has 16 nitrogen and oxygen atoms in total. The van der Waals surface area contributed by atoms with Crippen molar-refractivity contribution in [3.8, 4) is 0 Å². The van der Waals surface area contributed by atoms with E-state index in [2.05, 4.69) is 0 Å². The molecule has 0 saturated carbocycles. The third-order valence-corrected chi connectivity index (χ3v) is 13.8. The summed E-state index contributed by atoms with van der Waals surface area (Å²) in [4.78, 5) is 31.2. The number of epoxide rings is 1. The number of carbonyl (C=O) groups is 2. The molecule has 3 fully saturated rings. The maximum absolute atomic E-state index is 13.9. The van der Waals surface area contributed by atoms with Gasteiger partial charge in [0.1, 0.15) is 17.8 Å². The lowest BCUT2D eigenvalue weighted by Crippen LogP contribution is -2.62. The van der Waals surface area contributed by atoms with Gasteiger partial charge >= 0.3 is 12.1 Å². The first-order valence-electron chi connectivity index (χ1n) is 23.1. The van der Waals surface area contributed by atoms with Gasteiger partial charge < -0.3 is 67.8 Å². The zero-order valence-electron chi connectivity index (χ0n) is 41.3. The number of methoxy groups -OCH3 is 1. The maximum Gasteiger partial charge on any atom is 0.509 e. The van der Waals surface area contributed by atoms with Gasteiger partial charge in [-0.2, -0.15) is 0 Å². The van der Waals surface area contributed by atoms with Crippen molar-refractivity contribution >= 4 is 12.1 Å². The molecule has 1 aromatic rings. The predicted molar refractivity (Wildman–Crippen MR) is 239 cm³/mol. The van der Waals surface area contributed by atoms with E-state index in [1.54, 1.807) is 34.8 Å². The Morgan fingerprint density at radius 1 is 0.984 bits per heavy atom. The highest BCUT2D eigenvalue weighted by molar-refractivity contribution is 5.72. The van der Waals surface area contributed by atoms with Crippen LogP contribution in [0, 0.1) is 17.8 Å². The second-order valence-electron chi connectivity index (χ2n) is 20.1. The van der Waals surface area contributed by atoms with E-state index in [0.717, 1.165) is 5.56 Å². The van der Waals surface area contributed by atoms with E-state index in [1.165, 1.54) is 0 Å². The third-order valence-electron chi connectivity index (χ3n) is 13.8. The fourth-order valence-corrected chi connectivity index (χ4v) is 9.76. The van der Waals surface area contributed by atoms with Crippen molar-refractivity contribution in [1.82, 2.24) is 9.80 Å². The molecule has 4 rings (SSSR count). The summed E-state index contributed by atoms with van der Waals surface area (Å²) >= 11 is 0. The number of benzene rings is 1. The van der Waals surface area contributed by atoms with E-state index in [-0.39, 0.29) is 37.7 Å². The van der Waals surface area contributed by atoms with Gasteiger partial charge in [0, 0.05) is 32.0 Å². The number of ether oxygens (including phenoxy) is 9. The molecule has 3 aliphatic rings. The predicted octanol–water partition coefficient (Wildman–Crippen LogP) is 5.31. The Labute approximate surface area is 382 Å². The number of hydrogen-bond acceptors (Lipinski definition) is 16. The highest BCUT2D eigenvalue weighted by Gasteiger charge is 2.67. The van der Waals surface area contributed by atoms with Crippen LogP contribution in [0.2, 0.25) is 0 Å². The van der Waals surface area contributed by atoms with Gasteiger partial charge in [0.05, 0.1) is 66.9 Å². The molecule has 0 aliphatic carbocycles. The minimum atomic E-state index is -1.64. The molecule has 0 radical (unpaired) electrons. The fraction of sp³-hybridized carbons (Fsp3) is 0.833. The standard InChI is InChI=1S/C48H82N2O14/c1-16-22-57-42(52)32(5)38(62-37-25-47(11,56-15)48(28-59-48)34(7)61-37)31(4)41(46(10,55)24-29(2)26-50(14)33(6)40(51)45(8,9)54)64-43-39(36(49(12)13)23-30(3)60-43)63-44(53)58-27-35-20-18-17-19-21-35/h17-21,29-34,36-41,43,51,54-55H,16,22-28H2,1-15H3/t29?,30?,31?,32?,33?,34?,36?,37?,38?,39-,40?,41?,43?,46?,47?,48?/m1/s1. The highest BCUT2D eigenvalue weighted by Crippen LogP contribution is 2.51. The van der Waals surface area contributed by atoms with Crippen LogP contribution in [0.3, 0.4) is 0 Å². The average Bonchev–Trinajstić information content (AvgIpc) is 4.04. The van der Waals surface area contributed by atoms with Crippen molar-refractivity contribution in [1.29, 1.82) is 0 Å². The summed E-state index contributed by atoms with van der Waals surface area (Å²) in [6.07, 6.45) is -6.20. The zero-order chi connectivity index (χ0) is 47.9. The number of likely N-dealkylation sites (N-methyl/N-ethyl adjacent to an activating group) is 2. The Balaban J connectivity index is 1.75. The minimum absolute atomic E-state index is 0.00376. The van der Waals surface area contributed by atoms with E-state index in [0.29, 0.717) is 32.4 Å². The quantitative estimate of drug-likeness (QED) is 0.0947. The first kappa shape index (κ1) is 54.1. The smallest absolute Gasteiger partial charge is 0.465 e. The van der Waals surface area contributed by atoms with Crippen molar-refractivity contribution in [2.75, 3.05) is 48.0 Å². The number of esters is 1. The second-order valence-corrected chi connectivity index (χ2v) is 20.1. The summed E-state index contributed by atoms with van der Waals surface area (Å²) in [5.74, 6) is -2.30. The van der Waals surface area contributed by atoms with Crippen LogP contribution in [-0.4, -0.2) is 169 Å². The van der Waals surface area contributed by atoms with Gasteiger partial charge in [-0.05, 0) is 107 Å². The molecule has 16 heteroatoms. The molecular formula is C48H82N2O14. The van der Waals surface area contributed by atoms with Gasteiger partial charge in [-0.25, -0.2) is 4.79 Å². The first-order valence-corrected chi connectivity index (χ1v) is 23.1. The van der Waals surface area contributed by atoms with Gasteiger partial charge in [0.2, 0.25) is 0 Å². The van der Waals surface area contributed by atoms with Crippen molar-refractivity contribution in [2.24, 2.45) is 17.8 Å². The Kier molecular flexibility index (Phi) is 19.1. The zero-order valence-corrected chi connectivity index (χ0v) is 41.3. The van der Waals surface area contributed by atoms with Gasteiger partial charge in [-0.3, -0.25) is 4.79 Å². The second kappa shape index (κ2) is 22.5. The van der Waals surface area contributed by atoms with Crippen molar-refractivity contribution < 1.29 is 67.5 Å². The van der Waals surface area contributed by atoms with E-state index >= 15 is 0 Å². The molecule has 368 valence electrons. The molecule has 0 aromatic heterocycles. The number of nitrogens with zero attached hydrogens (tertiary/aromatic N) is 2. The highest BCUT2D eigenvalue weighted by atomic mass is 16.8. The molecule has 15 unspecified atom stereocenters. The summed E-state index contributed by atoms with van der Waals surface area (Å²) in [7, 11) is 7.28. The maximum atomic E-state index is 13.9. The van der Waals surface area contributed by atoms with Gasteiger partial charge in [0.15, 0.2) is 18.7 Å². The molecule has 16 atom stereocenters. The van der Waals surface area contributed by atoms with Crippen molar-refractivity contribution in [2.45, 2.75) is 192 Å². The Bertz CT molecular complexity index is 1610. The van der Waals surface area contributed by atoms with Crippen LogP contribution in [0.4, 0.5) is 4.79 Å². The summed E-state index contributed by atoms with van der Waals surface area (Å²) in [6, 6.07) is 8.50. The fourth-order valence-electron chi connectivity index (χ4n) is 9.76. The lowest BCUT2D eigenvalue weighted by Gasteiger charge is -2.49. The topological polar surface area (TPSA) is 188 Å². The number of aliphatic hydroxyl groups excluding tert-OH is 1. The van der Waals surface area contributed by atoms with Gasteiger partial charge in [-0.15, -0.1) is 0 Å². The Hall–Kier alpha value is -2.48. The van der Waals surface area contributed by atoms with Crippen molar-refractivity contribution in [3.05, 3.63) is 35.9 Å². The van der Waals surface area contributed by atoms with Crippen LogP contribution in [0.25, 0.3) is 0 Å². The molecule has 64 heavy (non-hydrogen) atoms. The van der Waals surface area contributed by atoms with Crippen LogP contribution in [0.5, 0.6) is 0 Å². The van der Waals surface area contributed by atoms with E-state index < -0.39 is 95.5 Å². The van der Waals surface area contributed by atoms with E-state index in [9.17, 15) is 24.9 Å². The molecule has 3 saturated heterocycles.